The van der Waals surface area contributed by atoms with E-state index in [1.54, 1.807) is 30.2 Å². The number of piperidine rings is 1. The van der Waals surface area contributed by atoms with Crippen LogP contribution >= 0.6 is 0 Å². The first-order valence-corrected chi connectivity index (χ1v) is 17.0. The summed E-state index contributed by atoms with van der Waals surface area (Å²) in [6, 6.07) is 17.8. The number of fused-ring (bicyclic) bond motifs is 1. The van der Waals surface area contributed by atoms with E-state index in [1.165, 1.54) is 0 Å². The normalized spacial score (nSPS) is 19.2. The van der Waals surface area contributed by atoms with E-state index in [-0.39, 0.29) is 36.9 Å². The van der Waals surface area contributed by atoms with Gasteiger partial charge in [-0.3, -0.25) is 9.59 Å². The van der Waals surface area contributed by atoms with E-state index in [0.717, 1.165) is 29.5 Å². The van der Waals surface area contributed by atoms with E-state index < -0.39 is 17.6 Å². The van der Waals surface area contributed by atoms with Crippen molar-refractivity contribution in [2.75, 3.05) is 56.9 Å². The third kappa shape index (κ3) is 7.83. The number of nitrogens with zero attached hydrogens (tertiary/aromatic N) is 4. The zero-order valence-corrected chi connectivity index (χ0v) is 29.0. The lowest BCUT2D eigenvalue weighted by Crippen LogP contribution is -2.51. The maximum absolute atomic E-state index is 15.0. The highest BCUT2D eigenvalue weighted by Gasteiger charge is 2.44. The predicted octanol–water partition coefficient (Wildman–Crippen LogP) is 6.06. The molecule has 0 N–H and O–H groups in total. The SMILES string of the molecule is COCCCN1C(=O)COc2ccc(N(C(=O)[C@H]3CN(C(=O)OC(C)(C)C)CC[C@@H]3c3cccc(-c4ccnc(OC)c4)c3)C3CC3)cc21. The number of carbonyl (C=O) groups is 3. The van der Waals surface area contributed by atoms with Gasteiger partial charge in [-0.05, 0) is 93.3 Å². The molecule has 2 fully saturated rings. The zero-order valence-electron chi connectivity index (χ0n) is 29.0. The monoisotopic (exact) mass is 670 g/mol. The number of anilines is 2. The van der Waals surface area contributed by atoms with Gasteiger partial charge in [-0.2, -0.15) is 0 Å². The van der Waals surface area contributed by atoms with Crippen LogP contribution in [0.25, 0.3) is 11.1 Å². The summed E-state index contributed by atoms with van der Waals surface area (Å²) >= 11 is 0. The Labute approximate surface area is 288 Å². The second-order valence-electron chi connectivity index (χ2n) is 13.9. The molecule has 3 aliphatic rings. The summed E-state index contributed by atoms with van der Waals surface area (Å²) in [4.78, 5) is 50.8. The number of benzene rings is 2. The molecule has 2 atom stereocenters. The van der Waals surface area contributed by atoms with Crippen LogP contribution in [-0.4, -0.2) is 86.5 Å². The van der Waals surface area contributed by atoms with Crippen LogP contribution in [0.15, 0.2) is 60.8 Å². The first kappa shape index (κ1) is 34.2. The average Bonchev–Trinajstić information content (AvgIpc) is 3.93. The summed E-state index contributed by atoms with van der Waals surface area (Å²) in [6.07, 6.45) is 4.32. The summed E-state index contributed by atoms with van der Waals surface area (Å²) < 4.78 is 22.1. The van der Waals surface area contributed by atoms with E-state index in [4.69, 9.17) is 18.9 Å². The van der Waals surface area contributed by atoms with E-state index >= 15 is 0 Å². The number of carbonyl (C=O) groups excluding carboxylic acids is 3. The number of hydrogen-bond acceptors (Lipinski definition) is 8. The Balaban J connectivity index is 1.35. The molecule has 3 heterocycles. The molecule has 0 bridgehead atoms. The molecule has 1 aromatic heterocycles. The van der Waals surface area contributed by atoms with Gasteiger partial charge >= 0.3 is 6.09 Å². The quantitative estimate of drug-likeness (QED) is 0.240. The zero-order chi connectivity index (χ0) is 34.7. The van der Waals surface area contributed by atoms with Gasteiger partial charge in [-0.25, -0.2) is 9.78 Å². The molecule has 11 nitrogen and oxygen atoms in total. The fourth-order valence-corrected chi connectivity index (χ4v) is 6.72. The summed E-state index contributed by atoms with van der Waals surface area (Å²) in [5, 5.41) is 0. The Morgan fingerprint density at radius 3 is 2.55 bits per heavy atom. The van der Waals surface area contributed by atoms with Crippen molar-refractivity contribution in [2.24, 2.45) is 5.92 Å². The van der Waals surface area contributed by atoms with Crippen LogP contribution in [0, 0.1) is 5.92 Å². The van der Waals surface area contributed by atoms with Crippen molar-refractivity contribution in [3.05, 3.63) is 66.4 Å². The molecule has 6 rings (SSSR count). The van der Waals surface area contributed by atoms with Crippen molar-refractivity contribution >= 4 is 29.3 Å². The molecule has 260 valence electrons. The van der Waals surface area contributed by atoms with Gasteiger partial charge in [0.1, 0.15) is 11.4 Å². The molecule has 2 aromatic carbocycles. The lowest BCUT2D eigenvalue weighted by atomic mass is 9.79. The molecular weight excluding hydrogens is 624 g/mol. The van der Waals surface area contributed by atoms with Gasteiger partial charge in [0.25, 0.3) is 5.91 Å². The highest BCUT2D eigenvalue weighted by atomic mass is 16.6. The van der Waals surface area contributed by atoms with E-state index in [1.807, 2.05) is 68.1 Å². The molecule has 3 aromatic rings. The van der Waals surface area contributed by atoms with Gasteiger partial charge in [0.15, 0.2) is 6.61 Å². The summed E-state index contributed by atoms with van der Waals surface area (Å²) in [5.74, 6) is 0.277. The number of likely N-dealkylation sites (tertiary alicyclic amines) is 1. The van der Waals surface area contributed by atoms with Crippen molar-refractivity contribution in [3.63, 3.8) is 0 Å². The van der Waals surface area contributed by atoms with Gasteiger partial charge in [-0.15, -0.1) is 0 Å². The Hall–Kier alpha value is -4.64. The molecule has 0 spiro atoms. The minimum Gasteiger partial charge on any atom is -0.482 e. The van der Waals surface area contributed by atoms with Gasteiger partial charge in [0.05, 0.1) is 18.7 Å². The number of rotatable bonds is 10. The molecule has 1 aliphatic carbocycles. The molecule has 11 heteroatoms. The van der Waals surface area contributed by atoms with Gasteiger partial charge in [0.2, 0.25) is 11.8 Å². The Morgan fingerprint density at radius 1 is 1.02 bits per heavy atom. The van der Waals surface area contributed by atoms with Crippen molar-refractivity contribution in [1.29, 1.82) is 0 Å². The largest absolute Gasteiger partial charge is 0.482 e. The number of aromatic nitrogens is 1. The Morgan fingerprint density at radius 2 is 1.82 bits per heavy atom. The first-order valence-electron chi connectivity index (χ1n) is 17.0. The summed E-state index contributed by atoms with van der Waals surface area (Å²) in [7, 11) is 3.23. The molecule has 49 heavy (non-hydrogen) atoms. The number of hydrogen-bond donors (Lipinski definition) is 0. The average molecular weight is 671 g/mol. The fraction of sp³-hybridized carbons (Fsp3) is 0.474. The first-order chi connectivity index (χ1) is 23.6. The van der Waals surface area contributed by atoms with Gasteiger partial charge in [-0.1, -0.05) is 24.3 Å². The van der Waals surface area contributed by atoms with Crippen molar-refractivity contribution in [2.45, 2.75) is 64.0 Å². The molecule has 2 aliphatic heterocycles. The molecule has 1 saturated carbocycles. The maximum atomic E-state index is 15.0. The smallest absolute Gasteiger partial charge is 0.410 e. The molecule has 3 amide bonds. The van der Waals surface area contributed by atoms with Crippen LogP contribution in [0.2, 0.25) is 0 Å². The minimum atomic E-state index is -0.662. The van der Waals surface area contributed by atoms with Crippen LogP contribution in [0.1, 0.15) is 57.9 Å². The summed E-state index contributed by atoms with van der Waals surface area (Å²) in [5.41, 5.74) is 3.69. The molecular formula is C38H46N4O7. The van der Waals surface area contributed by atoms with E-state index in [2.05, 4.69) is 17.1 Å². The predicted molar refractivity (Wildman–Crippen MR) is 186 cm³/mol. The highest BCUT2D eigenvalue weighted by molar-refractivity contribution is 6.01. The van der Waals surface area contributed by atoms with Crippen molar-refractivity contribution in [1.82, 2.24) is 9.88 Å². The number of methoxy groups -OCH3 is 2. The molecule has 1 saturated heterocycles. The van der Waals surface area contributed by atoms with Crippen LogP contribution in [0.5, 0.6) is 11.6 Å². The van der Waals surface area contributed by atoms with E-state index in [9.17, 15) is 14.4 Å². The van der Waals surface area contributed by atoms with Gasteiger partial charge < -0.3 is 33.6 Å². The van der Waals surface area contributed by atoms with E-state index in [0.29, 0.717) is 55.5 Å². The third-order valence-corrected chi connectivity index (χ3v) is 9.22. The lowest BCUT2D eigenvalue weighted by molar-refractivity contribution is -0.124. The molecule has 0 radical (unpaired) electrons. The summed E-state index contributed by atoms with van der Waals surface area (Å²) in [6.45, 7) is 7.21. The van der Waals surface area contributed by atoms with Crippen LogP contribution in [-0.2, 0) is 19.1 Å². The number of amides is 3. The van der Waals surface area contributed by atoms with Crippen molar-refractivity contribution < 1.29 is 33.3 Å². The maximum Gasteiger partial charge on any atom is 0.410 e. The second-order valence-corrected chi connectivity index (χ2v) is 13.9. The number of ether oxygens (including phenoxy) is 4. The van der Waals surface area contributed by atoms with Crippen LogP contribution in [0.4, 0.5) is 16.2 Å². The van der Waals surface area contributed by atoms with Crippen LogP contribution in [0.3, 0.4) is 0 Å². The lowest BCUT2D eigenvalue weighted by Gasteiger charge is -2.41. The fourth-order valence-electron chi connectivity index (χ4n) is 6.72. The van der Waals surface area contributed by atoms with Gasteiger partial charge in [0, 0.05) is 57.3 Å². The second kappa shape index (κ2) is 14.5. The molecule has 0 unspecified atom stereocenters. The topological polar surface area (TPSA) is 111 Å². The van der Waals surface area contributed by atoms with Crippen LogP contribution < -0.4 is 19.3 Å². The highest BCUT2D eigenvalue weighted by Crippen LogP contribution is 2.43. The Kier molecular flexibility index (Phi) is 10.1. The number of pyridine rings is 1. The Bertz CT molecular complexity index is 1680. The third-order valence-electron chi connectivity index (χ3n) is 9.22. The minimum absolute atomic E-state index is 0.0276. The van der Waals surface area contributed by atoms with Crippen molar-refractivity contribution in [3.8, 4) is 22.8 Å². The standard InChI is InChI=1S/C38H46N4O7/c1-38(2,3)49-37(45)40-18-15-30(27-9-6-8-25(20-27)26-14-16-39-34(21-26)47-5)31(23-40)36(44)42(28-10-11-28)29-12-13-33-32(22-29)41(17-7-19-46-4)35(43)24-48-33/h6,8-9,12-14,16,20-22,28,30-31H,7,10-11,15,17-19,23-24H2,1-5H3/t30-,31+/m1/s1.